The lowest BCUT2D eigenvalue weighted by Gasteiger charge is -2.32. The Morgan fingerprint density at radius 3 is 2.48 bits per heavy atom. The summed E-state index contributed by atoms with van der Waals surface area (Å²) in [4.78, 5) is 25.6. The second-order valence-electron chi connectivity index (χ2n) is 6.78. The fraction of sp³-hybridized carbons (Fsp3) is 0.500. The topological polar surface area (TPSA) is 58.6 Å². The zero-order valence-electron chi connectivity index (χ0n) is 15.3. The molecule has 136 valence electrons. The van der Waals surface area contributed by atoms with Crippen LogP contribution in [0, 0.1) is 6.92 Å². The van der Waals surface area contributed by atoms with Crippen molar-refractivity contribution >= 4 is 18.1 Å². The molecule has 0 aromatic heterocycles. The van der Waals surface area contributed by atoms with Gasteiger partial charge in [0.1, 0.15) is 0 Å². The van der Waals surface area contributed by atoms with Crippen LogP contribution < -0.4 is 5.32 Å². The van der Waals surface area contributed by atoms with Crippen molar-refractivity contribution in [2.45, 2.75) is 52.2 Å². The van der Waals surface area contributed by atoms with Crippen LogP contribution in [0.15, 0.2) is 30.3 Å². The number of hydrogen-bond acceptors (Lipinski definition) is 3. The molecule has 0 unspecified atom stereocenters. The van der Waals surface area contributed by atoms with Gasteiger partial charge in [0.2, 0.25) is 5.91 Å². The first-order chi connectivity index (χ1) is 11.9. The number of nitrogens with zero attached hydrogens (tertiary/aromatic N) is 1. The van der Waals surface area contributed by atoms with E-state index in [1.165, 1.54) is 5.56 Å². The van der Waals surface area contributed by atoms with Crippen LogP contribution in [-0.2, 0) is 9.53 Å². The summed E-state index contributed by atoms with van der Waals surface area (Å²) in [6, 6.07) is 8.31. The Morgan fingerprint density at radius 1 is 1.24 bits per heavy atom. The average molecular weight is 344 g/mol. The molecule has 2 amide bonds. The molecule has 0 spiro atoms. The van der Waals surface area contributed by atoms with Crippen molar-refractivity contribution in [1.82, 2.24) is 10.2 Å². The summed E-state index contributed by atoms with van der Waals surface area (Å²) in [5, 5.41) is 3.05. The second kappa shape index (κ2) is 9.25. The number of carbonyl (C=O) groups excluding carboxylic acids is 2. The first-order valence-corrected chi connectivity index (χ1v) is 8.92. The number of aryl methyl sites for hydroxylation is 1. The molecule has 1 saturated heterocycles. The standard InChI is InChI=1S/C20H28N2O3/c1-15(2)25-20(24)22-13-11-18(12-14-22)21-19(23)6-4-5-17-9-7-16(3)8-10-17/h4-5,7-10,15,18H,6,11-14H2,1-3H3,(H,21,23)/b5-4+. The quantitative estimate of drug-likeness (QED) is 0.889. The smallest absolute Gasteiger partial charge is 0.410 e. The summed E-state index contributed by atoms with van der Waals surface area (Å²) >= 11 is 0. The van der Waals surface area contributed by atoms with E-state index in [1.54, 1.807) is 4.90 Å². The summed E-state index contributed by atoms with van der Waals surface area (Å²) in [7, 11) is 0. The van der Waals surface area contributed by atoms with Crippen LogP contribution in [0.25, 0.3) is 6.08 Å². The van der Waals surface area contributed by atoms with Gasteiger partial charge in [-0.25, -0.2) is 4.79 Å². The van der Waals surface area contributed by atoms with Crippen LogP contribution in [0.4, 0.5) is 4.79 Å². The third-order valence-corrected chi connectivity index (χ3v) is 4.15. The van der Waals surface area contributed by atoms with Crippen molar-refractivity contribution in [3.8, 4) is 0 Å². The predicted octanol–water partition coefficient (Wildman–Crippen LogP) is 3.52. The minimum atomic E-state index is -0.263. The molecule has 25 heavy (non-hydrogen) atoms. The van der Waals surface area contributed by atoms with E-state index in [4.69, 9.17) is 4.74 Å². The fourth-order valence-corrected chi connectivity index (χ4v) is 2.75. The predicted molar refractivity (Wildman–Crippen MR) is 99.2 cm³/mol. The van der Waals surface area contributed by atoms with Crippen molar-refractivity contribution in [2.75, 3.05) is 13.1 Å². The van der Waals surface area contributed by atoms with Crippen molar-refractivity contribution in [1.29, 1.82) is 0 Å². The Bertz CT molecular complexity index is 600. The lowest BCUT2D eigenvalue weighted by molar-refractivity contribution is -0.121. The molecule has 5 nitrogen and oxygen atoms in total. The molecule has 0 radical (unpaired) electrons. The second-order valence-corrected chi connectivity index (χ2v) is 6.78. The lowest BCUT2D eigenvalue weighted by atomic mass is 10.1. The molecule has 2 rings (SSSR count). The van der Waals surface area contributed by atoms with E-state index in [-0.39, 0.29) is 24.1 Å². The lowest BCUT2D eigenvalue weighted by Crippen LogP contribution is -2.46. The van der Waals surface area contributed by atoms with Gasteiger partial charge in [0.05, 0.1) is 6.10 Å². The van der Waals surface area contributed by atoms with Gasteiger partial charge in [0, 0.05) is 25.6 Å². The van der Waals surface area contributed by atoms with E-state index in [1.807, 2.05) is 38.1 Å². The minimum absolute atomic E-state index is 0.0200. The van der Waals surface area contributed by atoms with Crippen molar-refractivity contribution in [3.63, 3.8) is 0 Å². The van der Waals surface area contributed by atoms with E-state index in [0.717, 1.165) is 18.4 Å². The van der Waals surface area contributed by atoms with Gasteiger partial charge in [-0.2, -0.15) is 0 Å². The van der Waals surface area contributed by atoms with Crippen LogP contribution in [-0.4, -0.2) is 42.1 Å². The number of amides is 2. The summed E-state index contributed by atoms with van der Waals surface area (Å²) in [6.45, 7) is 6.98. The Hall–Kier alpha value is -2.30. The zero-order valence-corrected chi connectivity index (χ0v) is 15.3. The van der Waals surface area contributed by atoms with Gasteiger partial charge >= 0.3 is 6.09 Å². The number of carbonyl (C=O) groups is 2. The van der Waals surface area contributed by atoms with E-state index in [0.29, 0.717) is 19.5 Å². The molecule has 0 aliphatic carbocycles. The number of ether oxygens (including phenoxy) is 1. The molecular formula is C20H28N2O3. The van der Waals surface area contributed by atoms with Crippen LogP contribution >= 0.6 is 0 Å². The van der Waals surface area contributed by atoms with Gasteiger partial charge in [-0.1, -0.05) is 42.0 Å². The maximum atomic E-state index is 12.0. The molecule has 1 N–H and O–H groups in total. The molecular weight excluding hydrogens is 316 g/mol. The van der Waals surface area contributed by atoms with Gasteiger partial charge in [-0.05, 0) is 39.2 Å². The summed E-state index contributed by atoms with van der Waals surface area (Å²) in [6.07, 6.45) is 5.37. The highest BCUT2D eigenvalue weighted by Gasteiger charge is 2.24. The van der Waals surface area contributed by atoms with E-state index < -0.39 is 0 Å². The van der Waals surface area contributed by atoms with Crippen molar-refractivity contribution < 1.29 is 14.3 Å². The molecule has 0 bridgehead atoms. The number of rotatable bonds is 5. The monoisotopic (exact) mass is 344 g/mol. The number of hydrogen-bond donors (Lipinski definition) is 1. The maximum absolute atomic E-state index is 12.0. The van der Waals surface area contributed by atoms with Gasteiger partial charge in [0.15, 0.2) is 0 Å². The van der Waals surface area contributed by atoms with Crippen LogP contribution in [0.5, 0.6) is 0 Å². The molecule has 1 aliphatic rings. The van der Waals surface area contributed by atoms with Gasteiger partial charge < -0.3 is 15.0 Å². The fourth-order valence-electron chi connectivity index (χ4n) is 2.75. The number of benzene rings is 1. The Kier molecular flexibility index (Phi) is 7.04. The first-order valence-electron chi connectivity index (χ1n) is 8.92. The Morgan fingerprint density at radius 2 is 1.88 bits per heavy atom. The van der Waals surface area contributed by atoms with Crippen LogP contribution in [0.2, 0.25) is 0 Å². The molecule has 1 aromatic carbocycles. The highest BCUT2D eigenvalue weighted by atomic mass is 16.6. The largest absolute Gasteiger partial charge is 0.447 e. The summed E-state index contributed by atoms with van der Waals surface area (Å²) < 4.78 is 5.20. The third-order valence-electron chi connectivity index (χ3n) is 4.15. The van der Waals surface area contributed by atoms with E-state index in [9.17, 15) is 9.59 Å². The molecule has 0 atom stereocenters. The molecule has 5 heteroatoms. The number of nitrogens with one attached hydrogen (secondary N) is 1. The highest BCUT2D eigenvalue weighted by molar-refractivity contribution is 5.78. The Labute approximate surface area is 150 Å². The molecule has 1 aromatic rings. The third kappa shape index (κ3) is 6.61. The van der Waals surface area contributed by atoms with Crippen LogP contribution in [0.3, 0.4) is 0 Å². The van der Waals surface area contributed by atoms with Crippen molar-refractivity contribution in [3.05, 3.63) is 41.5 Å². The molecule has 1 fully saturated rings. The SMILES string of the molecule is Cc1ccc(/C=C/CC(=O)NC2CCN(C(=O)OC(C)C)CC2)cc1. The van der Waals surface area contributed by atoms with Gasteiger partial charge in [0.25, 0.3) is 0 Å². The van der Waals surface area contributed by atoms with Gasteiger partial charge in [-0.15, -0.1) is 0 Å². The normalized spacial score (nSPS) is 15.6. The van der Waals surface area contributed by atoms with E-state index in [2.05, 4.69) is 24.4 Å². The zero-order chi connectivity index (χ0) is 18.2. The number of piperidine rings is 1. The Balaban J connectivity index is 1.70. The minimum Gasteiger partial charge on any atom is -0.447 e. The molecule has 0 saturated carbocycles. The molecule has 1 aliphatic heterocycles. The molecule has 1 heterocycles. The van der Waals surface area contributed by atoms with Crippen molar-refractivity contribution in [2.24, 2.45) is 0 Å². The van der Waals surface area contributed by atoms with Gasteiger partial charge in [-0.3, -0.25) is 4.79 Å². The maximum Gasteiger partial charge on any atom is 0.410 e. The van der Waals surface area contributed by atoms with Crippen LogP contribution in [0.1, 0.15) is 44.2 Å². The summed E-state index contributed by atoms with van der Waals surface area (Å²) in [5.74, 6) is 0.0200. The summed E-state index contributed by atoms with van der Waals surface area (Å²) in [5.41, 5.74) is 2.31. The van der Waals surface area contributed by atoms with E-state index >= 15 is 0 Å². The first kappa shape index (κ1) is 19.0. The number of likely N-dealkylation sites (tertiary alicyclic amines) is 1. The highest BCUT2D eigenvalue weighted by Crippen LogP contribution is 2.12. The average Bonchev–Trinajstić information content (AvgIpc) is 2.56.